The number of rotatable bonds is 7. The largest absolute Gasteiger partial charge is 0.481 e. The van der Waals surface area contributed by atoms with Gasteiger partial charge in [0.2, 0.25) is 0 Å². The molecule has 0 radical (unpaired) electrons. The van der Waals surface area contributed by atoms with Gasteiger partial charge in [-0.15, -0.1) is 11.3 Å². The summed E-state index contributed by atoms with van der Waals surface area (Å²) < 4.78 is 0. The second-order valence-electron chi connectivity index (χ2n) is 4.50. The van der Waals surface area contributed by atoms with Crippen molar-refractivity contribution in [3.63, 3.8) is 0 Å². The van der Waals surface area contributed by atoms with E-state index in [0.29, 0.717) is 13.0 Å². The summed E-state index contributed by atoms with van der Waals surface area (Å²) in [6, 6.07) is -0.344. The van der Waals surface area contributed by atoms with Crippen molar-refractivity contribution in [3.8, 4) is 0 Å². The SMILES string of the molecule is CC(C)C(CNC(=O)NCCc1nccs1)C(=O)O. The van der Waals surface area contributed by atoms with Gasteiger partial charge in [0, 0.05) is 31.1 Å². The number of urea groups is 1. The molecule has 0 bridgehead atoms. The average molecular weight is 285 g/mol. The fourth-order valence-corrected chi connectivity index (χ4v) is 2.15. The van der Waals surface area contributed by atoms with Gasteiger partial charge in [-0.05, 0) is 5.92 Å². The van der Waals surface area contributed by atoms with Crippen LogP contribution in [0.25, 0.3) is 0 Å². The molecule has 0 saturated carbocycles. The van der Waals surface area contributed by atoms with E-state index in [1.54, 1.807) is 17.5 Å². The zero-order chi connectivity index (χ0) is 14.3. The number of carboxylic acids is 1. The third-order valence-electron chi connectivity index (χ3n) is 2.71. The number of nitrogens with one attached hydrogen (secondary N) is 2. The van der Waals surface area contributed by atoms with Crippen LogP contribution in [0.3, 0.4) is 0 Å². The van der Waals surface area contributed by atoms with E-state index < -0.39 is 11.9 Å². The maximum atomic E-state index is 11.5. The molecule has 1 aromatic rings. The van der Waals surface area contributed by atoms with Crippen LogP contribution in [0, 0.1) is 11.8 Å². The minimum atomic E-state index is -0.891. The quantitative estimate of drug-likeness (QED) is 0.705. The summed E-state index contributed by atoms with van der Waals surface area (Å²) in [6.45, 7) is 4.26. The molecule has 0 aliphatic heterocycles. The maximum absolute atomic E-state index is 11.5. The first-order valence-corrected chi connectivity index (χ1v) is 7.01. The molecule has 0 aliphatic carbocycles. The Morgan fingerprint density at radius 3 is 2.68 bits per heavy atom. The van der Waals surface area contributed by atoms with E-state index in [1.165, 1.54) is 0 Å². The molecular formula is C12H19N3O3S. The van der Waals surface area contributed by atoms with Crippen LogP contribution in [0.2, 0.25) is 0 Å². The lowest BCUT2D eigenvalue weighted by atomic mass is 9.96. The zero-order valence-corrected chi connectivity index (χ0v) is 11.9. The molecule has 3 N–H and O–H groups in total. The number of aromatic nitrogens is 1. The van der Waals surface area contributed by atoms with Crippen molar-refractivity contribution in [2.75, 3.05) is 13.1 Å². The number of nitrogens with zero attached hydrogens (tertiary/aromatic N) is 1. The number of thiazole rings is 1. The van der Waals surface area contributed by atoms with E-state index in [-0.39, 0.29) is 18.5 Å². The van der Waals surface area contributed by atoms with Crippen LogP contribution in [0.1, 0.15) is 18.9 Å². The molecule has 1 heterocycles. The van der Waals surface area contributed by atoms with Gasteiger partial charge in [0.15, 0.2) is 0 Å². The average Bonchev–Trinajstić information content (AvgIpc) is 2.81. The molecule has 6 nitrogen and oxygen atoms in total. The second-order valence-corrected chi connectivity index (χ2v) is 5.48. The third-order valence-corrected chi connectivity index (χ3v) is 3.55. The van der Waals surface area contributed by atoms with Gasteiger partial charge >= 0.3 is 12.0 Å². The molecule has 1 atom stereocenters. The molecule has 0 fully saturated rings. The van der Waals surface area contributed by atoms with Gasteiger partial charge in [-0.25, -0.2) is 9.78 Å². The van der Waals surface area contributed by atoms with Gasteiger partial charge in [0.1, 0.15) is 0 Å². The first-order valence-electron chi connectivity index (χ1n) is 6.13. The predicted molar refractivity (Wildman–Crippen MR) is 73.2 cm³/mol. The minimum Gasteiger partial charge on any atom is -0.481 e. The highest BCUT2D eigenvalue weighted by molar-refractivity contribution is 7.09. The zero-order valence-electron chi connectivity index (χ0n) is 11.0. The first kappa shape index (κ1) is 15.4. The van der Waals surface area contributed by atoms with Crippen molar-refractivity contribution in [3.05, 3.63) is 16.6 Å². The molecule has 1 aromatic heterocycles. The Balaban J connectivity index is 2.22. The summed E-state index contributed by atoms with van der Waals surface area (Å²) in [5, 5.41) is 17.1. The first-order chi connectivity index (χ1) is 9.00. The summed E-state index contributed by atoms with van der Waals surface area (Å²) in [4.78, 5) is 26.5. The van der Waals surface area contributed by atoms with Gasteiger partial charge in [-0.2, -0.15) is 0 Å². The predicted octanol–water partition coefficient (Wildman–Crippen LogP) is 1.34. The minimum absolute atomic E-state index is 0.0203. The van der Waals surface area contributed by atoms with Crippen molar-refractivity contribution in [1.29, 1.82) is 0 Å². The van der Waals surface area contributed by atoms with Gasteiger partial charge in [-0.1, -0.05) is 13.8 Å². The summed E-state index contributed by atoms with van der Waals surface area (Å²) in [7, 11) is 0. The molecule has 0 aliphatic rings. The smallest absolute Gasteiger partial charge is 0.314 e. The maximum Gasteiger partial charge on any atom is 0.314 e. The lowest BCUT2D eigenvalue weighted by molar-refractivity contribution is -0.142. The van der Waals surface area contributed by atoms with Crippen LogP contribution in [0.15, 0.2) is 11.6 Å². The van der Waals surface area contributed by atoms with Gasteiger partial charge in [0.05, 0.1) is 10.9 Å². The second kappa shape index (κ2) is 7.73. The normalized spacial score (nSPS) is 12.2. The van der Waals surface area contributed by atoms with Gasteiger partial charge in [0.25, 0.3) is 0 Å². The number of hydrogen-bond acceptors (Lipinski definition) is 4. The van der Waals surface area contributed by atoms with Crippen LogP contribution >= 0.6 is 11.3 Å². The van der Waals surface area contributed by atoms with Crippen molar-refractivity contribution in [2.24, 2.45) is 11.8 Å². The molecule has 1 rings (SSSR count). The van der Waals surface area contributed by atoms with Crippen molar-refractivity contribution in [1.82, 2.24) is 15.6 Å². The Labute approximate surface area is 116 Å². The lowest BCUT2D eigenvalue weighted by Gasteiger charge is -2.16. The summed E-state index contributed by atoms with van der Waals surface area (Å²) in [5.41, 5.74) is 0. The van der Waals surface area contributed by atoms with Crippen molar-refractivity contribution < 1.29 is 14.7 Å². The van der Waals surface area contributed by atoms with E-state index >= 15 is 0 Å². The molecule has 2 amide bonds. The van der Waals surface area contributed by atoms with Crippen LogP contribution in [-0.4, -0.2) is 35.2 Å². The summed E-state index contributed by atoms with van der Waals surface area (Å²) >= 11 is 1.54. The van der Waals surface area contributed by atoms with E-state index in [9.17, 15) is 9.59 Å². The van der Waals surface area contributed by atoms with Crippen LogP contribution in [0.4, 0.5) is 4.79 Å². The van der Waals surface area contributed by atoms with E-state index in [0.717, 1.165) is 5.01 Å². The monoisotopic (exact) mass is 285 g/mol. The number of carboxylic acid groups (broad SMARTS) is 1. The molecule has 0 spiro atoms. The molecule has 1 unspecified atom stereocenters. The third kappa shape index (κ3) is 5.69. The highest BCUT2D eigenvalue weighted by atomic mass is 32.1. The molecule has 0 aromatic carbocycles. The van der Waals surface area contributed by atoms with E-state index in [1.807, 2.05) is 19.2 Å². The Morgan fingerprint density at radius 1 is 1.42 bits per heavy atom. The molecule has 0 saturated heterocycles. The molecular weight excluding hydrogens is 266 g/mol. The standard InChI is InChI=1S/C12H19N3O3S/c1-8(2)9(11(16)17)7-15-12(18)14-4-3-10-13-5-6-19-10/h5-6,8-9H,3-4,7H2,1-2H3,(H,16,17)(H2,14,15,18). The van der Waals surface area contributed by atoms with E-state index in [4.69, 9.17) is 5.11 Å². The molecule has 7 heteroatoms. The van der Waals surface area contributed by atoms with Crippen LogP contribution in [0.5, 0.6) is 0 Å². The molecule has 19 heavy (non-hydrogen) atoms. The number of carbonyl (C=O) groups is 2. The number of hydrogen-bond donors (Lipinski definition) is 3. The molecule has 106 valence electrons. The summed E-state index contributed by atoms with van der Waals surface area (Å²) in [6.07, 6.45) is 2.40. The van der Waals surface area contributed by atoms with Crippen LogP contribution < -0.4 is 10.6 Å². The highest BCUT2D eigenvalue weighted by Gasteiger charge is 2.21. The fraction of sp³-hybridized carbons (Fsp3) is 0.583. The number of aliphatic carboxylic acids is 1. The van der Waals surface area contributed by atoms with Crippen molar-refractivity contribution in [2.45, 2.75) is 20.3 Å². The Morgan fingerprint density at radius 2 is 2.16 bits per heavy atom. The lowest BCUT2D eigenvalue weighted by Crippen LogP contribution is -2.41. The number of amides is 2. The van der Waals surface area contributed by atoms with Gasteiger partial charge in [-0.3, -0.25) is 4.79 Å². The Hall–Kier alpha value is -1.63. The van der Waals surface area contributed by atoms with Crippen LogP contribution in [-0.2, 0) is 11.2 Å². The summed E-state index contributed by atoms with van der Waals surface area (Å²) in [5.74, 6) is -1.48. The van der Waals surface area contributed by atoms with E-state index in [2.05, 4.69) is 15.6 Å². The van der Waals surface area contributed by atoms with Gasteiger partial charge < -0.3 is 15.7 Å². The Kier molecular flexibility index (Phi) is 6.27. The topological polar surface area (TPSA) is 91.3 Å². The fourth-order valence-electron chi connectivity index (χ4n) is 1.53. The number of carbonyl (C=O) groups excluding carboxylic acids is 1. The highest BCUT2D eigenvalue weighted by Crippen LogP contribution is 2.09. The van der Waals surface area contributed by atoms with Crippen molar-refractivity contribution >= 4 is 23.3 Å². The Bertz CT molecular complexity index is 406.